The molecule has 1 atom stereocenters. The molecule has 31 heavy (non-hydrogen) atoms. The second-order valence-corrected chi connectivity index (χ2v) is 9.83. The van der Waals surface area contributed by atoms with E-state index >= 15 is 0 Å². The molecule has 3 aromatic carbocycles. The molecule has 3 aliphatic rings. The van der Waals surface area contributed by atoms with Crippen molar-refractivity contribution in [1.82, 2.24) is 0 Å². The molecule has 1 heterocycles. The van der Waals surface area contributed by atoms with Crippen LogP contribution < -0.4 is 10.6 Å². The van der Waals surface area contributed by atoms with Gasteiger partial charge in [0.25, 0.3) is 0 Å². The van der Waals surface area contributed by atoms with Gasteiger partial charge in [-0.2, -0.15) is 0 Å². The van der Waals surface area contributed by atoms with Gasteiger partial charge in [-0.3, -0.25) is 4.79 Å². The largest absolute Gasteiger partial charge is 0.372 e. The molecule has 6 rings (SSSR count). The minimum atomic E-state index is -0.149. The van der Waals surface area contributed by atoms with Crippen LogP contribution in [0.1, 0.15) is 49.4 Å². The van der Waals surface area contributed by atoms with Crippen LogP contribution in [-0.2, 0) is 11.2 Å². The van der Waals surface area contributed by atoms with E-state index in [0.29, 0.717) is 6.42 Å². The van der Waals surface area contributed by atoms with Crippen LogP contribution in [0.2, 0.25) is 0 Å². The second kappa shape index (κ2) is 6.58. The molecule has 1 aliphatic heterocycles. The number of carbonyl (C=O) groups is 1. The first kappa shape index (κ1) is 18.4. The zero-order chi connectivity index (χ0) is 21.2. The van der Waals surface area contributed by atoms with Gasteiger partial charge in [0, 0.05) is 17.7 Å². The molecule has 0 radical (unpaired) electrons. The highest BCUT2D eigenvalue weighted by Gasteiger charge is 2.38. The number of fused-ring (bicyclic) bond motifs is 4. The zero-order valence-corrected chi connectivity index (χ0v) is 18.0. The van der Waals surface area contributed by atoms with Gasteiger partial charge >= 0.3 is 0 Å². The first-order chi connectivity index (χ1) is 15.0. The molecule has 154 valence electrons. The summed E-state index contributed by atoms with van der Waals surface area (Å²) in [7, 11) is 0. The third kappa shape index (κ3) is 2.99. The van der Waals surface area contributed by atoms with Crippen molar-refractivity contribution < 1.29 is 4.79 Å². The lowest BCUT2D eigenvalue weighted by Crippen LogP contribution is -2.31. The second-order valence-electron chi connectivity index (χ2n) is 9.83. The number of nitrogens with one attached hydrogen (secondary N) is 2. The molecular formula is C28H26N2O. The standard InChI is InChI=1S/C28H26N2O/c1-28(2)15-24-26(25(31)16-28)27(30-23-10-6-5-9-22(23)29-24)18-11-12-21-19(14-18)13-17-7-3-4-8-20(17)21/h3-12,14,27,29-30H,13,15-16H2,1-2H3. The summed E-state index contributed by atoms with van der Waals surface area (Å²) in [6.07, 6.45) is 2.41. The number of allylic oxidation sites excluding steroid dienone is 1. The summed E-state index contributed by atoms with van der Waals surface area (Å²) in [5.41, 5.74) is 10.5. The predicted octanol–water partition coefficient (Wildman–Crippen LogP) is 6.48. The SMILES string of the molecule is CC1(C)CC(=O)C2=C(C1)Nc1ccccc1NC2c1ccc2c(c1)Cc1ccccc1-2. The Kier molecular flexibility index (Phi) is 3.92. The highest BCUT2D eigenvalue weighted by Crippen LogP contribution is 2.46. The maximum absolute atomic E-state index is 13.4. The van der Waals surface area contributed by atoms with E-state index in [4.69, 9.17) is 0 Å². The number of Topliss-reactive ketones (excluding diaryl/α,β-unsaturated/α-hetero) is 1. The van der Waals surface area contributed by atoms with Crippen molar-refractivity contribution in [2.75, 3.05) is 10.6 Å². The van der Waals surface area contributed by atoms with Crippen LogP contribution in [0.25, 0.3) is 11.1 Å². The van der Waals surface area contributed by atoms with Crippen molar-refractivity contribution in [2.45, 2.75) is 39.2 Å². The molecule has 1 unspecified atom stereocenters. The fraction of sp³-hybridized carbons (Fsp3) is 0.250. The lowest BCUT2D eigenvalue weighted by atomic mass is 9.73. The van der Waals surface area contributed by atoms with Gasteiger partial charge in [-0.1, -0.05) is 68.4 Å². The van der Waals surface area contributed by atoms with Gasteiger partial charge < -0.3 is 10.6 Å². The van der Waals surface area contributed by atoms with Gasteiger partial charge in [-0.05, 0) is 58.2 Å². The maximum atomic E-state index is 13.4. The summed E-state index contributed by atoms with van der Waals surface area (Å²) in [5.74, 6) is 0.243. The summed E-state index contributed by atoms with van der Waals surface area (Å²) in [6.45, 7) is 4.37. The molecule has 3 nitrogen and oxygen atoms in total. The highest BCUT2D eigenvalue weighted by atomic mass is 16.1. The number of hydrogen-bond acceptors (Lipinski definition) is 3. The van der Waals surface area contributed by atoms with Gasteiger partial charge in [-0.25, -0.2) is 0 Å². The molecule has 2 N–H and O–H groups in total. The van der Waals surface area contributed by atoms with Crippen molar-refractivity contribution in [3.63, 3.8) is 0 Å². The van der Waals surface area contributed by atoms with Gasteiger partial charge in [0.05, 0.1) is 17.4 Å². The van der Waals surface area contributed by atoms with E-state index in [9.17, 15) is 4.79 Å². The van der Waals surface area contributed by atoms with Gasteiger partial charge in [0.1, 0.15) is 0 Å². The molecule has 0 amide bonds. The lowest BCUT2D eigenvalue weighted by molar-refractivity contribution is -0.118. The normalized spacial score (nSPS) is 20.6. The van der Waals surface area contributed by atoms with Crippen molar-refractivity contribution in [3.05, 3.63) is 94.7 Å². The number of benzene rings is 3. The van der Waals surface area contributed by atoms with E-state index < -0.39 is 0 Å². The molecular weight excluding hydrogens is 380 g/mol. The average molecular weight is 407 g/mol. The van der Waals surface area contributed by atoms with Crippen LogP contribution in [0.4, 0.5) is 11.4 Å². The lowest BCUT2D eigenvalue weighted by Gasteiger charge is -2.34. The first-order valence-corrected chi connectivity index (χ1v) is 11.1. The Labute approximate surface area is 183 Å². The Morgan fingerprint density at radius 1 is 0.839 bits per heavy atom. The zero-order valence-electron chi connectivity index (χ0n) is 18.0. The fourth-order valence-corrected chi connectivity index (χ4v) is 5.48. The van der Waals surface area contributed by atoms with E-state index in [1.54, 1.807) is 0 Å². The van der Waals surface area contributed by atoms with Crippen LogP contribution >= 0.6 is 0 Å². The number of hydrogen-bond donors (Lipinski definition) is 2. The molecule has 0 fully saturated rings. The predicted molar refractivity (Wildman–Crippen MR) is 126 cm³/mol. The third-order valence-corrected chi connectivity index (χ3v) is 6.87. The number of rotatable bonds is 1. The fourth-order valence-electron chi connectivity index (χ4n) is 5.48. The molecule has 3 heteroatoms. The van der Waals surface area contributed by atoms with Crippen LogP contribution in [0.3, 0.4) is 0 Å². The molecule has 0 saturated carbocycles. The van der Waals surface area contributed by atoms with Crippen molar-refractivity contribution in [3.8, 4) is 11.1 Å². The molecule has 0 bridgehead atoms. The third-order valence-electron chi connectivity index (χ3n) is 6.87. The van der Waals surface area contributed by atoms with E-state index in [1.165, 1.54) is 22.3 Å². The van der Waals surface area contributed by atoms with E-state index in [-0.39, 0.29) is 17.2 Å². The molecule has 2 aliphatic carbocycles. The van der Waals surface area contributed by atoms with Gasteiger partial charge in [-0.15, -0.1) is 0 Å². The smallest absolute Gasteiger partial charge is 0.163 e. The number of carbonyl (C=O) groups excluding carboxylic acids is 1. The summed E-state index contributed by atoms with van der Waals surface area (Å²) in [6, 6.07) is 23.5. The molecule has 0 aromatic heterocycles. The molecule has 0 saturated heterocycles. The van der Waals surface area contributed by atoms with E-state index in [2.05, 4.69) is 79.1 Å². The molecule has 3 aromatic rings. The molecule has 0 spiro atoms. The number of anilines is 2. The van der Waals surface area contributed by atoms with Gasteiger partial charge in [0.15, 0.2) is 5.78 Å². The van der Waals surface area contributed by atoms with E-state index in [1.807, 2.05) is 12.1 Å². The summed E-state index contributed by atoms with van der Waals surface area (Å²) >= 11 is 0. The Morgan fingerprint density at radius 2 is 1.58 bits per heavy atom. The van der Waals surface area contributed by atoms with Crippen LogP contribution in [-0.4, -0.2) is 5.78 Å². The minimum absolute atomic E-state index is 0.0354. The van der Waals surface area contributed by atoms with E-state index in [0.717, 1.165) is 41.1 Å². The Hall–Kier alpha value is -3.33. The Balaban J connectivity index is 1.49. The first-order valence-electron chi connectivity index (χ1n) is 11.1. The maximum Gasteiger partial charge on any atom is 0.163 e. The van der Waals surface area contributed by atoms with Crippen molar-refractivity contribution >= 4 is 17.2 Å². The van der Waals surface area contributed by atoms with Crippen molar-refractivity contribution in [2.24, 2.45) is 5.41 Å². The average Bonchev–Trinajstić information content (AvgIpc) is 3.01. The van der Waals surface area contributed by atoms with Crippen LogP contribution in [0.5, 0.6) is 0 Å². The van der Waals surface area contributed by atoms with Crippen LogP contribution in [0.15, 0.2) is 78.0 Å². The Morgan fingerprint density at radius 3 is 2.45 bits per heavy atom. The summed E-state index contributed by atoms with van der Waals surface area (Å²) in [4.78, 5) is 13.4. The number of para-hydroxylation sites is 2. The highest BCUT2D eigenvalue weighted by molar-refractivity contribution is 6.01. The summed E-state index contributed by atoms with van der Waals surface area (Å²) in [5, 5.41) is 7.31. The minimum Gasteiger partial charge on any atom is -0.372 e. The topological polar surface area (TPSA) is 41.1 Å². The summed E-state index contributed by atoms with van der Waals surface area (Å²) < 4.78 is 0. The Bertz CT molecular complexity index is 1270. The van der Waals surface area contributed by atoms with Gasteiger partial charge in [0.2, 0.25) is 0 Å². The quantitative estimate of drug-likeness (QED) is 0.380. The monoisotopic (exact) mass is 406 g/mol. The van der Waals surface area contributed by atoms with Crippen LogP contribution in [0, 0.1) is 5.41 Å². The number of ketones is 1. The van der Waals surface area contributed by atoms with Crippen molar-refractivity contribution in [1.29, 1.82) is 0 Å².